The van der Waals surface area contributed by atoms with Crippen molar-refractivity contribution in [3.63, 3.8) is 0 Å². The standard InChI is InChI=1S/C20H18N4O3/c1-26-15-6-2-5-14(11-15)13-24-18(23-16-7-3-9-21-19(16)24)12-22-20(25)17-8-4-10-27-17/h2-11H,12-13H2,1H3,(H,22,25). The van der Waals surface area contributed by atoms with Crippen molar-refractivity contribution in [1.29, 1.82) is 0 Å². The van der Waals surface area contributed by atoms with Crippen molar-refractivity contribution in [2.24, 2.45) is 0 Å². The quantitative estimate of drug-likeness (QED) is 0.570. The van der Waals surface area contributed by atoms with E-state index in [0.29, 0.717) is 12.4 Å². The average molecular weight is 362 g/mol. The van der Waals surface area contributed by atoms with Crippen molar-refractivity contribution < 1.29 is 13.9 Å². The molecule has 1 amide bonds. The average Bonchev–Trinajstić information content (AvgIpc) is 3.35. The number of methoxy groups -OCH3 is 1. The molecule has 4 rings (SSSR count). The van der Waals surface area contributed by atoms with Crippen LogP contribution in [0.3, 0.4) is 0 Å². The summed E-state index contributed by atoms with van der Waals surface area (Å²) in [6.45, 7) is 0.830. The Morgan fingerprint density at radius 3 is 2.96 bits per heavy atom. The van der Waals surface area contributed by atoms with Crippen molar-refractivity contribution in [3.8, 4) is 5.75 Å². The number of imidazole rings is 1. The lowest BCUT2D eigenvalue weighted by atomic mass is 10.2. The van der Waals surface area contributed by atoms with Crippen LogP contribution in [0.5, 0.6) is 5.75 Å². The zero-order chi connectivity index (χ0) is 18.6. The number of carbonyl (C=O) groups is 1. The van der Waals surface area contributed by atoms with Crippen molar-refractivity contribution in [2.45, 2.75) is 13.1 Å². The molecule has 0 bridgehead atoms. The Morgan fingerprint density at radius 2 is 2.15 bits per heavy atom. The lowest BCUT2D eigenvalue weighted by Gasteiger charge is -2.10. The van der Waals surface area contributed by atoms with Crippen LogP contribution in [-0.4, -0.2) is 27.6 Å². The highest BCUT2D eigenvalue weighted by atomic mass is 16.5. The molecule has 0 saturated carbocycles. The van der Waals surface area contributed by atoms with Crippen LogP contribution in [0, 0.1) is 0 Å². The topological polar surface area (TPSA) is 82.2 Å². The molecule has 4 aromatic rings. The highest BCUT2D eigenvalue weighted by molar-refractivity contribution is 5.91. The number of benzene rings is 1. The van der Waals surface area contributed by atoms with Crippen molar-refractivity contribution in [3.05, 3.63) is 78.1 Å². The highest BCUT2D eigenvalue weighted by Gasteiger charge is 2.15. The first-order valence-corrected chi connectivity index (χ1v) is 8.49. The summed E-state index contributed by atoms with van der Waals surface area (Å²) >= 11 is 0. The predicted octanol–water partition coefficient (Wildman–Crippen LogP) is 3.01. The van der Waals surface area contributed by atoms with Crippen molar-refractivity contribution in [2.75, 3.05) is 7.11 Å². The Bertz CT molecular complexity index is 1070. The fourth-order valence-electron chi connectivity index (χ4n) is 2.91. The molecule has 0 saturated heterocycles. The number of hydrogen-bond donors (Lipinski definition) is 1. The van der Waals surface area contributed by atoms with Gasteiger partial charge >= 0.3 is 0 Å². The van der Waals surface area contributed by atoms with Gasteiger partial charge in [-0.2, -0.15) is 0 Å². The molecular formula is C20H18N4O3. The molecule has 0 aliphatic heterocycles. The minimum atomic E-state index is -0.284. The number of aromatic nitrogens is 3. The van der Waals surface area contributed by atoms with E-state index in [-0.39, 0.29) is 18.2 Å². The van der Waals surface area contributed by atoms with Gasteiger partial charge in [0, 0.05) is 6.20 Å². The summed E-state index contributed by atoms with van der Waals surface area (Å²) in [4.78, 5) is 21.3. The Balaban J connectivity index is 1.63. The molecule has 0 aliphatic carbocycles. The summed E-state index contributed by atoms with van der Waals surface area (Å²) in [6, 6.07) is 14.9. The number of nitrogens with zero attached hydrogens (tertiary/aromatic N) is 3. The SMILES string of the molecule is COc1cccc(Cn2c(CNC(=O)c3ccco3)nc3cccnc32)c1. The van der Waals surface area contributed by atoms with E-state index in [0.717, 1.165) is 22.5 Å². The maximum Gasteiger partial charge on any atom is 0.287 e. The van der Waals surface area contributed by atoms with Crippen LogP contribution in [0.25, 0.3) is 11.2 Å². The lowest BCUT2D eigenvalue weighted by molar-refractivity contribution is 0.0922. The van der Waals surface area contributed by atoms with Gasteiger partial charge in [-0.3, -0.25) is 4.79 Å². The van der Waals surface area contributed by atoms with E-state index in [1.54, 1.807) is 25.4 Å². The molecule has 136 valence electrons. The lowest BCUT2D eigenvalue weighted by Crippen LogP contribution is -2.24. The van der Waals surface area contributed by atoms with Crippen LogP contribution in [0.4, 0.5) is 0 Å². The Labute approximate surface area is 155 Å². The van der Waals surface area contributed by atoms with Gasteiger partial charge in [0.25, 0.3) is 5.91 Å². The minimum Gasteiger partial charge on any atom is -0.497 e. The first-order valence-electron chi connectivity index (χ1n) is 8.49. The number of fused-ring (bicyclic) bond motifs is 1. The molecule has 1 N–H and O–H groups in total. The zero-order valence-corrected chi connectivity index (χ0v) is 14.8. The molecule has 0 spiro atoms. The third kappa shape index (κ3) is 3.52. The van der Waals surface area contributed by atoms with Crippen LogP contribution in [-0.2, 0) is 13.1 Å². The predicted molar refractivity (Wildman–Crippen MR) is 99.5 cm³/mol. The summed E-state index contributed by atoms with van der Waals surface area (Å²) in [5, 5.41) is 2.84. The van der Waals surface area contributed by atoms with Gasteiger partial charge in [0.05, 0.1) is 26.5 Å². The van der Waals surface area contributed by atoms with E-state index in [1.165, 1.54) is 6.26 Å². The molecule has 7 nitrogen and oxygen atoms in total. The van der Waals surface area contributed by atoms with E-state index >= 15 is 0 Å². The minimum absolute atomic E-state index is 0.264. The first kappa shape index (κ1) is 16.8. The number of amides is 1. The normalized spacial score (nSPS) is 10.9. The van der Waals surface area contributed by atoms with Gasteiger partial charge in [-0.1, -0.05) is 12.1 Å². The summed E-state index contributed by atoms with van der Waals surface area (Å²) in [7, 11) is 1.64. The second kappa shape index (κ2) is 7.33. The van der Waals surface area contributed by atoms with E-state index in [9.17, 15) is 4.79 Å². The fraction of sp³-hybridized carbons (Fsp3) is 0.150. The van der Waals surface area contributed by atoms with Crippen molar-refractivity contribution in [1.82, 2.24) is 19.9 Å². The maximum absolute atomic E-state index is 12.2. The van der Waals surface area contributed by atoms with Crippen LogP contribution >= 0.6 is 0 Å². The van der Waals surface area contributed by atoms with Gasteiger partial charge in [0.1, 0.15) is 17.1 Å². The second-order valence-corrected chi connectivity index (χ2v) is 5.97. The number of ether oxygens (including phenoxy) is 1. The third-order valence-corrected chi connectivity index (χ3v) is 4.21. The number of furan rings is 1. The number of rotatable bonds is 6. The number of pyridine rings is 1. The largest absolute Gasteiger partial charge is 0.497 e. The van der Waals surface area contributed by atoms with Gasteiger partial charge < -0.3 is 19.0 Å². The maximum atomic E-state index is 12.2. The van der Waals surface area contributed by atoms with Crippen molar-refractivity contribution >= 4 is 17.1 Å². The zero-order valence-electron chi connectivity index (χ0n) is 14.8. The second-order valence-electron chi connectivity index (χ2n) is 5.97. The van der Waals surface area contributed by atoms with Gasteiger partial charge in [-0.05, 0) is 42.0 Å². The fourth-order valence-corrected chi connectivity index (χ4v) is 2.91. The van der Waals surface area contributed by atoms with E-state index in [2.05, 4.69) is 15.3 Å². The molecule has 1 aromatic carbocycles. The Kier molecular flexibility index (Phi) is 4.57. The molecule has 3 aromatic heterocycles. The van der Waals surface area contributed by atoms with E-state index in [4.69, 9.17) is 9.15 Å². The monoisotopic (exact) mass is 362 g/mol. The third-order valence-electron chi connectivity index (χ3n) is 4.21. The number of carbonyl (C=O) groups excluding carboxylic acids is 1. The van der Waals surface area contributed by atoms with E-state index < -0.39 is 0 Å². The Morgan fingerprint density at radius 1 is 1.22 bits per heavy atom. The summed E-state index contributed by atoms with van der Waals surface area (Å²) in [5.74, 6) is 1.49. The van der Waals surface area contributed by atoms with E-state index in [1.807, 2.05) is 41.0 Å². The summed E-state index contributed by atoms with van der Waals surface area (Å²) in [6.07, 6.45) is 3.20. The number of hydrogen-bond acceptors (Lipinski definition) is 5. The van der Waals surface area contributed by atoms with Gasteiger partial charge in [0.2, 0.25) is 0 Å². The van der Waals surface area contributed by atoms with Crippen LogP contribution < -0.4 is 10.1 Å². The summed E-state index contributed by atoms with van der Waals surface area (Å²) in [5.41, 5.74) is 2.60. The smallest absolute Gasteiger partial charge is 0.287 e. The van der Waals surface area contributed by atoms with Gasteiger partial charge in [-0.15, -0.1) is 0 Å². The number of nitrogens with one attached hydrogen (secondary N) is 1. The summed E-state index contributed by atoms with van der Waals surface area (Å²) < 4.78 is 12.4. The van der Waals surface area contributed by atoms with Crippen LogP contribution in [0.2, 0.25) is 0 Å². The molecular weight excluding hydrogens is 344 g/mol. The molecule has 7 heteroatoms. The molecule has 0 aliphatic rings. The van der Waals surface area contributed by atoms with Gasteiger partial charge in [0.15, 0.2) is 11.4 Å². The molecule has 0 atom stereocenters. The van der Waals surface area contributed by atoms with Crippen LogP contribution in [0.15, 0.2) is 65.4 Å². The molecule has 0 fully saturated rings. The molecule has 27 heavy (non-hydrogen) atoms. The van der Waals surface area contributed by atoms with Crippen LogP contribution in [0.1, 0.15) is 21.9 Å². The van der Waals surface area contributed by atoms with Gasteiger partial charge in [-0.25, -0.2) is 9.97 Å². The molecule has 0 unspecified atom stereocenters. The Hall–Kier alpha value is -3.61. The first-order chi connectivity index (χ1) is 13.2. The molecule has 3 heterocycles. The highest BCUT2D eigenvalue weighted by Crippen LogP contribution is 2.19. The molecule has 0 radical (unpaired) electrons.